The van der Waals surface area contributed by atoms with Gasteiger partial charge in [0.1, 0.15) is 5.82 Å². The molecule has 0 bridgehead atoms. The molecule has 0 radical (unpaired) electrons. The van der Waals surface area contributed by atoms with Gasteiger partial charge in [-0.2, -0.15) is 4.98 Å². The van der Waals surface area contributed by atoms with E-state index in [1.54, 1.807) is 19.2 Å². The summed E-state index contributed by atoms with van der Waals surface area (Å²) in [6, 6.07) is 14.3. The van der Waals surface area contributed by atoms with Crippen molar-refractivity contribution in [2.24, 2.45) is 0 Å². The van der Waals surface area contributed by atoms with Gasteiger partial charge in [0.2, 0.25) is 5.82 Å². The molecule has 0 amide bonds. The number of allylic oxidation sites excluding steroid dienone is 1. The van der Waals surface area contributed by atoms with Gasteiger partial charge in [-0.15, -0.1) is 0 Å². The molecule has 166 valence electrons. The quantitative estimate of drug-likeness (QED) is 0.519. The Hall–Kier alpha value is -3.10. The standard InChI is InChI=1S/C24H25FN4O2S/c1-4-16-8-10-17(11-9-16)21-20(15(2)29(12-13-30-3)24(32)26-21)23-27-22(28-31-23)18-6-5-7-19(25)14-18/h5-11,14,21H,4,12-13H2,1-3H3,(H,26,32). The maximum atomic E-state index is 13.7. The molecule has 1 aliphatic heterocycles. The first-order chi connectivity index (χ1) is 15.5. The Balaban J connectivity index is 1.79. The number of hydrogen-bond donors (Lipinski definition) is 1. The van der Waals surface area contributed by atoms with E-state index in [9.17, 15) is 4.39 Å². The number of rotatable bonds is 7. The van der Waals surface area contributed by atoms with Crippen LogP contribution in [0.15, 0.2) is 58.8 Å². The summed E-state index contributed by atoms with van der Waals surface area (Å²) >= 11 is 5.66. The van der Waals surface area contributed by atoms with Crippen LogP contribution in [0, 0.1) is 5.82 Å². The molecule has 1 unspecified atom stereocenters. The number of nitrogens with zero attached hydrogens (tertiary/aromatic N) is 3. The average molecular weight is 453 g/mol. The van der Waals surface area contributed by atoms with Crippen LogP contribution < -0.4 is 5.32 Å². The maximum absolute atomic E-state index is 13.7. The summed E-state index contributed by atoms with van der Waals surface area (Å²) in [4.78, 5) is 6.57. The molecule has 1 atom stereocenters. The fourth-order valence-electron chi connectivity index (χ4n) is 3.78. The highest BCUT2D eigenvalue weighted by atomic mass is 32.1. The molecule has 1 N–H and O–H groups in total. The van der Waals surface area contributed by atoms with Gasteiger partial charge in [0.15, 0.2) is 5.11 Å². The zero-order valence-electron chi connectivity index (χ0n) is 18.3. The van der Waals surface area contributed by atoms with Crippen LogP contribution in [0.5, 0.6) is 0 Å². The van der Waals surface area contributed by atoms with Crippen molar-refractivity contribution in [2.45, 2.75) is 26.3 Å². The molecule has 0 aliphatic carbocycles. The fraction of sp³-hybridized carbons (Fsp3) is 0.292. The summed E-state index contributed by atoms with van der Waals surface area (Å²) in [7, 11) is 1.65. The topological polar surface area (TPSA) is 63.4 Å². The normalized spacial score (nSPS) is 16.4. The van der Waals surface area contributed by atoms with Crippen LogP contribution in [0.4, 0.5) is 4.39 Å². The van der Waals surface area contributed by atoms with Crippen molar-refractivity contribution in [2.75, 3.05) is 20.3 Å². The van der Waals surface area contributed by atoms with Gasteiger partial charge >= 0.3 is 0 Å². The summed E-state index contributed by atoms with van der Waals surface area (Å²) in [5.41, 5.74) is 4.58. The number of methoxy groups -OCH3 is 1. The predicted octanol–water partition coefficient (Wildman–Crippen LogP) is 4.75. The van der Waals surface area contributed by atoms with Crippen LogP contribution in [0.3, 0.4) is 0 Å². The first-order valence-corrected chi connectivity index (χ1v) is 10.9. The van der Waals surface area contributed by atoms with Crippen molar-refractivity contribution in [1.29, 1.82) is 0 Å². The molecular formula is C24H25FN4O2S. The molecule has 4 rings (SSSR count). The highest BCUT2D eigenvalue weighted by Gasteiger charge is 2.34. The van der Waals surface area contributed by atoms with Crippen LogP contribution in [0.25, 0.3) is 17.0 Å². The Kier molecular flexibility index (Phi) is 6.62. The molecule has 2 heterocycles. The van der Waals surface area contributed by atoms with Crippen LogP contribution in [-0.4, -0.2) is 40.4 Å². The molecule has 0 fully saturated rings. The van der Waals surface area contributed by atoms with Gasteiger partial charge in [-0.25, -0.2) is 4.39 Å². The van der Waals surface area contributed by atoms with E-state index in [-0.39, 0.29) is 11.9 Å². The second-order valence-electron chi connectivity index (χ2n) is 7.55. The minimum Gasteiger partial charge on any atom is -0.383 e. The van der Waals surface area contributed by atoms with E-state index in [2.05, 4.69) is 46.6 Å². The van der Waals surface area contributed by atoms with E-state index in [1.807, 2.05) is 11.8 Å². The lowest BCUT2D eigenvalue weighted by molar-refractivity contribution is 0.183. The Morgan fingerprint density at radius 2 is 2.00 bits per heavy atom. The first-order valence-electron chi connectivity index (χ1n) is 10.5. The van der Waals surface area contributed by atoms with Gasteiger partial charge in [0.25, 0.3) is 5.89 Å². The van der Waals surface area contributed by atoms with Crippen LogP contribution in [0.2, 0.25) is 0 Å². The van der Waals surface area contributed by atoms with E-state index < -0.39 is 0 Å². The number of aromatic nitrogens is 2. The summed E-state index contributed by atoms with van der Waals surface area (Å²) < 4.78 is 24.6. The second-order valence-corrected chi connectivity index (χ2v) is 7.94. The lowest BCUT2D eigenvalue weighted by Crippen LogP contribution is -2.47. The molecule has 32 heavy (non-hydrogen) atoms. The van der Waals surface area contributed by atoms with Crippen molar-refractivity contribution < 1.29 is 13.7 Å². The lowest BCUT2D eigenvalue weighted by atomic mass is 9.94. The lowest BCUT2D eigenvalue weighted by Gasteiger charge is -2.37. The number of aryl methyl sites for hydroxylation is 1. The molecule has 0 saturated carbocycles. The zero-order chi connectivity index (χ0) is 22.7. The van der Waals surface area contributed by atoms with Gasteiger partial charge in [-0.1, -0.05) is 48.5 Å². The number of benzene rings is 2. The van der Waals surface area contributed by atoms with Gasteiger partial charge in [-0.3, -0.25) is 0 Å². The van der Waals surface area contributed by atoms with Gasteiger partial charge in [-0.05, 0) is 48.8 Å². The second kappa shape index (κ2) is 9.58. The number of ether oxygens (including phenoxy) is 1. The highest BCUT2D eigenvalue weighted by Crippen LogP contribution is 2.37. The number of nitrogens with one attached hydrogen (secondary N) is 1. The number of thiocarbonyl (C=S) groups is 1. The molecular weight excluding hydrogens is 427 g/mol. The first kappa shape index (κ1) is 22.1. The molecule has 0 spiro atoms. The van der Waals surface area contributed by atoms with Crippen LogP contribution in [-0.2, 0) is 11.2 Å². The van der Waals surface area contributed by atoms with E-state index >= 15 is 0 Å². The molecule has 1 aromatic heterocycles. The van der Waals surface area contributed by atoms with Crippen molar-refractivity contribution in [3.05, 3.63) is 77.1 Å². The van der Waals surface area contributed by atoms with Crippen molar-refractivity contribution in [3.8, 4) is 11.4 Å². The fourth-order valence-corrected chi connectivity index (χ4v) is 4.13. The van der Waals surface area contributed by atoms with E-state index in [0.29, 0.717) is 35.5 Å². The van der Waals surface area contributed by atoms with Gasteiger partial charge < -0.3 is 19.5 Å². The van der Waals surface area contributed by atoms with E-state index in [4.69, 9.17) is 21.5 Å². The number of halogens is 1. The predicted molar refractivity (Wildman–Crippen MR) is 125 cm³/mol. The highest BCUT2D eigenvalue weighted by molar-refractivity contribution is 7.80. The van der Waals surface area contributed by atoms with Crippen molar-refractivity contribution in [3.63, 3.8) is 0 Å². The number of hydrogen-bond acceptors (Lipinski definition) is 5. The third-order valence-corrected chi connectivity index (χ3v) is 5.91. The van der Waals surface area contributed by atoms with Gasteiger partial charge in [0.05, 0.1) is 18.2 Å². The Morgan fingerprint density at radius 1 is 1.22 bits per heavy atom. The van der Waals surface area contributed by atoms with E-state index in [1.165, 1.54) is 17.7 Å². The zero-order valence-corrected chi connectivity index (χ0v) is 19.1. The monoisotopic (exact) mass is 452 g/mol. The summed E-state index contributed by atoms with van der Waals surface area (Å²) in [5.74, 6) is 0.341. The largest absolute Gasteiger partial charge is 0.383 e. The third-order valence-electron chi connectivity index (χ3n) is 5.58. The smallest absolute Gasteiger partial charge is 0.258 e. The molecule has 3 aromatic rings. The minimum atomic E-state index is -0.353. The van der Waals surface area contributed by atoms with Crippen LogP contribution >= 0.6 is 12.2 Å². The summed E-state index contributed by atoms with van der Waals surface area (Å²) in [6.07, 6.45) is 0.962. The van der Waals surface area contributed by atoms with Crippen molar-refractivity contribution >= 4 is 22.9 Å². The molecule has 8 heteroatoms. The molecule has 6 nitrogen and oxygen atoms in total. The Labute approximate surface area is 192 Å². The summed E-state index contributed by atoms with van der Waals surface area (Å²) in [6.45, 7) is 5.21. The molecule has 0 saturated heterocycles. The average Bonchev–Trinajstić information content (AvgIpc) is 3.28. The van der Waals surface area contributed by atoms with Crippen molar-refractivity contribution in [1.82, 2.24) is 20.4 Å². The Bertz CT molecular complexity index is 1140. The summed E-state index contributed by atoms with van der Waals surface area (Å²) in [5, 5.41) is 8.14. The minimum absolute atomic E-state index is 0.256. The third kappa shape index (κ3) is 4.42. The van der Waals surface area contributed by atoms with Gasteiger partial charge in [0, 0.05) is 24.9 Å². The Morgan fingerprint density at radius 3 is 2.69 bits per heavy atom. The maximum Gasteiger partial charge on any atom is 0.258 e. The van der Waals surface area contributed by atoms with E-state index in [0.717, 1.165) is 23.3 Å². The SMILES string of the molecule is CCc1ccc(C2NC(=S)N(CCOC)C(C)=C2c2nc(-c3cccc(F)c3)no2)cc1. The molecule has 1 aliphatic rings. The molecule has 2 aromatic carbocycles. The van der Waals surface area contributed by atoms with Crippen LogP contribution in [0.1, 0.15) is 36.9 Å².